The minimum atomic E-state index is -0.129. The van der Waals surface area contributed by atoms with Crippen molar-refractivity contribution in [1.82, 2.24) is 10.6 Å². The Labute approximate surface area is 104 Å². The number of carbonyl (C=O) groups is 1. The highest BCUT2D eigenvalue weighted by atomic mass is 16.1. The van der Waals surface area contributed by atoms with Crippen molar-refractivity contribution < 1.29 is 4.79 Å². The van der Waals surface area contributed by atoms with Crippen LogP contribution < -0.4 is 10.6 Å². The maximum atomic E-state index is 11.5. The highest BCUT2D eigenvalue weighted by Crippen LogP contribution is 2.02. The molecule has 4 heteroatoms. The molecule has 1 atom stereocenters. The minimum Gasteiger partial charge on any atom is -0.337 e. The Kier molecular flexibility index (Phi) is 9.08. The summed E-state index contributed by atoms with van der Waals surface area (Å²) in [5.41, 5.74) is 0.507. The Bertz CT molecular complexity index is 281. The molecule has 0 aromatic heterocycles. The van der Waals surface area contributed by atoms with E-state index >= 15 is 0 Å². The number of nitriles is 1. The Morgan fingerprint density at radius 2 is 2.18 bits per heavy atom. The van der Waals surface area contributed by atoms with Crippen molar-refractivity contribution in [3.05, 3.63) is 12.2 Å². The second kappa shape index (κ2) is 9.86. The average molecular weight is 237 g/mol. The summed E-state index contributed by atoms with van der Waals surface area (Å²) in [6, 6.07) is 2.07. The minimum absolute atomic E-state index is 0.0564. The summed E-state index contributed by atoms with van der Waals surface area (Å²) in [4.78, 5) is 11.5. The van der Waals surface area contributed by atoms with Gasteiger partial charge >= 0.3 is 0 Å². The number of nitrogens with one attached hydrogen (secondary N) is 2. The van der Waals surface area contributed by atoms with Crippen LogP contribution in [0.1, 0.15) is 46.0 Å². The van der Waals surface area contributed by atoms with Crippen molar-refractivity contribution in [2.75, 3.05) is 6.54 Å². The standard InChI is InChI=1S/C13H23N3O/c1-4-5-6-8-12(15-10-7-9-14)16-13(17)11(2)3/h12,15H,2,4-8,10H2,1,3H3,(H,16,17). The van der Waals surface area contributed by atoms with Gasteiger partial charge in [-0.15, -0.1) is 0 Å². The zero-order chi connectivity index (χ0) is 13.1. The van der Waals surface area contributed by atoms with Crippen LogP contribution in [0.4, 0.5) is 0 Å². The number of hydrogen-bond acceptors (Lipinski definition) is 3. The van der Waals surface area contributed by atoms with Crippen LogP contribution in [0.25, 0.3) is 0 Å². The molecule has 0 radical (unpaired) electrons. The molecule has 0 aromatic carbocycles. The fourth-order valence-electron chi connectivity index (χ4n) is 1.41. The number of amides is 1. The lowest BCUT2D eigenvalue weighted by molar-refractivity contribution is -0.118. The van der Waals surface area contributed by atoms with Gasteiger partial charge in [0, 0.05) is 18.5 Å². The molecule has 4 nitrogen and oxygen atoms in total. The largest absolute Gasteiger partial charge is 0.337 e. The highest BCUT2D eigenvalue weighted by Gasteiger charge is 2.11. The number of unbranched alkanes of at least 4 members (excludes halogenated alkanes) is 2. The van der Waals surface area contributed by atoms with Crippen LogP contribution >= 0.6 is 0 Å². The van der Waals surface area contributed by atoms with E-state index in [2.05, 4.69) is 30.2 Å². The topological polar surface area (TPSA) is 64.9 Å². The van der Waals surface area contributed by atoms with Gasteiger partial charge in [-0.25, -0.2) is 0 Å². The van der Waals surface area contributed by atoms with Crippen molar-refractivity contribution in [2.24, 2.45) is 0 Å². The van der Waals surface area contributed by atoms with Gasteiger partial charge in [-0.1, -0.05) is 32.8 Å². The fraction of sp³-hybridized carbons (Fsp3) is 0.692. The van der Waals surface area contributed by atoms with Gasteiger partial charge in [-0.05, 0) is 13.3 Å². The predicted octanol–water partition coefficient (Wildman–Crippen LogP) is 2.09. The molecule has 2 N–H and O–H groups in total. The second-order valence-electron chi connectivity index (χ2n) is 4.16. The molecule has 1 amide bonds. The predicted molar refractivity (Wildman–Crippen MR) is 69.1 cm³/mol. The molecule has 0 bridgehead atoms. The molecular formula is C13H23N3O. The van der Waals surface area contributed by atoms with Crippen LogP contribution in [-0.4, -0.2) is 18.6 Å². The number of carbonyl (C=O) groups excluding carboxylic acids is 1. The number of nitrogens with zero attached hydrogens (tertiary/aromatic N) is 1. The van der Waals surface area contributed by atoms with E-state index in [0.717, 1.165) is 25.7 Å². The zero-order valence-electron chi connectivity index (χ0n) is 10.9. The first-order chi connectivity index (χ1) is 8.11. The summed E-state index contributed by atoms with van der Waals surface area (Å²) >= 11 is 0. The van der Waals surface area contributed by atoms with Crippen molar-refractivity contribution in [3.63, 3.8) is 0 Å². The van der Waals surface area contributed by atoms with Crippen molar-refractivity contribution in [2.45, 2.75) is 52.1 Å². The second-order valence-corrected chi connectivity index (χ2v) is 4.16. The van der Waals surface area contributed by atoms with Gasteiger partial charge in [0.05, 0.1) is 12.2 Å². The normalized spacial score (nSPS) is 11.6. The smallest absolute Gasteiger partial charge is 0.247 e. The molecule has 0 aliphatic rings. The van der Waals surface area contributed by atoms with E-state index in [4.69, 9.17) is 5.26 Å². The summed E-state index contributed by atoms with van der Waals surface area (Å²) in [6.45, 7) is 8.04. The Morgan fingerprint density at radius 1 is 1.47 bits per heavy atom. The summed E-state index contributed by atoms with van der Waals surface area (Å²) in [5, 5.41) is 14.5. The summed E-state index contributed by atoms with van der Waals surface area (Å²) in [7, 11) is 0. The van der Waals surface area contributed by atoms with Crippen LogP contribution in [-0.2, 0) is 4.79 Å². The van der Waals surface area contributed by atoms with Crippen LogP contribution in [0.3, 0.4) is 0 Å². The molecule has 0 aliphatic carbocycles. The SMILES string of the molecule is C=C(C)C(=O)NC(CCCCC)NCCC#N. The van der Waals surface area contributed by atoms with Crippen LogP contribution in [0.5, 0.6) is 0 Å². The maximum Gasteiger partial charge on any atom is 0.247 e. The molecule has 0 rings (SSSR count). The van der Waals surface area contributed by atoms with E-state index in [0.29, 0.717) is 18.5 Å². The van der Waals surface area contributed by atoms with Crippen LogP contribution in [0.15, 0.2) is 12.2 Å². The van der Waals surface area contributed by atoms with Crippen molar-refractivity contribution in [3.8, 4) is 6.07 Å². The lowest BCUT2D eigenvalue weighted by Gasteiger charge is -2.19. The molecule has 0 aromatic rings. The van der Waals surface area contributed by atoms with Crippen LogP contribution in [0, 0.1) is 11.3 Å². The summed E-state index contributed by atoms with van der Waals surface area (Å²) in [6.07, 6.45) is 4.65. The molecule has 0 aliphatic heterocycles. The number of hydrogen-bond donors (Lipinski definition) is 2. The van der Waals surface area contributed by atoms with Crippen molar-refractivity contribution in [1.29, 1.82) is 5.26 Å². The summed E-state index contributed by atoms with van der Waals surface area (Å²) in [5.74, 6) is -0.129. The highest BCUT2D eigenvalue weighted by molar-refractivity contribution is 5.92. The average Bonchev–Trinajstić information content (AvgIpc) is 2.29. The van der Waals surface area contributed by atoms with E-state index < -0.39 is 0 Å². The molecule has 17 heavy (non-hydrogen) atoms. The Balaban J connectivity index is 4.05. The van der Waals surface area contributed by atoms with Gasteiger partial charge in [0.1, 0.15) is 0 Å². The van der Waals surface area contributed by atoms with E-state index in [1.807, 2.05) is 0 Å². The lowest BCUT2D eigenvalue weighted by atomic mass is 10.1. The first kappa shape index (κ1) is 15.7. The molecular weight excluding hydrogens is 214 g/mol. The van der Waals surface area contributed by atoms with E-state index in [9.17, 15) is 4.79 Å². The molecule has 0 heterocycles. The fourth-order valence-corrected chi connectivity index (χ4v) is 1.41. The Morgan fingerprint density at radius 3 is 2.71 bits per heavy atom. The molecule has 0 saturated carbocycles. The molecule has 0 saturated heterocycles. The Hall–Kier alpha value is -1.34. The van der Waals surface area contributed by atoms with Gasteiger partial charge in [-0.3, -0.25) is 10.1 Å². The first-order valence-electron chi connectivity index (χ1n) is 6.18. The third-order valence-corrected chi connectivity index (χ3v) is 2.42. The van der Waals surface area contributed by atoms with E-state index in [1.165, 1.54) is 0 Å². The van der Waals surface area contributed by atoms with E-state index in [1.54, 1.807) is 6.92 Å². The number of rotatable bonds is 9. The molecule has 0 spiro atoms. The monoisotopic (exact) mass is 237 g/mol. The van der Waals surface area contributed by atoms with E-state index in [-0.39, 0.29) is 12.1 Å². The maximum absolute atomic E-state index is 11.5. The van der Waals surface area contributed by atoms with Gasteiger partial charge in [0.2, 0.25) is 5.91 Å². The van der Waals surface area contributed by atoms with Gasteiger partial charge in [-0.2, -0.15) is 5.26 Å². The molecule has 0 fully saturated rings. The molecule has 1 unspecified atom stereocenters. The summed E-state index contributed by atoms with van der Waals surface area (Å²) < 4.78 is 0. The first-order valence-corrected chi connectivity index (χ1v) is 6.18. The third-order valence-electron chi connectivity index (χ3n) is 2.42. The van der Waals surface area contributed by atoms with Gasteiger partial charge < -0.3 is 5.32 Å². The van der Waals surface area contributed by atoms with Gasteiger partial charge in [0.15, 0.2) is 0 Å². The zero-order valence-corrected chi connectivity index (χ0v) is 10.9. The van der Waals surface area contributed by atoms with Crippen LogP contribution in [0.2, 0.25) is 0 Å². The quantitative estimate of drug-likeness (QED) is 0.366. The lowest BCUT2D eigenvalue weighted by Crippen LogP contribution is -2.45. The third kappa shape index (κ3) is 8.47. The van der Waals surface area contributed by atoms with Gasteiger partial charge in [0.25, 0.3) is 0 Å². The molecule has 96 valence electrons. The van der Waals surface area contributed by atoms with Crippen molar-refractivity contribution >= 4 is 5.91 Å².